The van der Waals surface area contributed by atoms with Gasteiger partial charge in [0.15, 0.2) is 0 Å². The molecule has 128 valence electrons. The van der Waals surface area contributed by atoms with Gasteiger partial charge in [-0.3, -0.25) is 9.69 Å². The molecule has 23 heavy (non-hydrogen) atoms. The Labute approximate surface area is 140 Å². The zero-order valence-electron chi connectivity index (χ0n) is 14.8. The largest absolute Gasteiger partial charge is 0.338 e. The third kappa shape index (κ3) is 5.33. The lowest BCUT2D eigenvalue weighted by Crippen LogP contribution is -2.43. The van der Waals surface area contributed by atoms with E-state index in [4.69, 9.17) is 0 Å². The molecule has 0 aromatic heterocycles. The molecule has 1 aliphatic heterocycles. The third-order valence-corrected chi connectivity index (χ3v) is 5.12. The van der Waals surface area contributed by atoms with Crippen molar-refractivity contribution in [2.24, 2.45) is 5.92 Å². The Morgan fingerprint density at radius 3 is 2.57 bits per heavy atom. The van der Waals surface area contributed by atoms with Crippen LogP contribution in [-0.4, -0.2) is 56.0 Å². The number of carbonyl (C=O) groups is 1. The number of rotatable bonds is 7. The van der Waals surface area contributed by atoms with Crippen molar-refractivity contribution >= 4 is 5.91 Å². The Kier molecular flexibility index (Phi) is 7.06. The lowest BCUT2D eigenvalue weighted by atomic mass is 9.93. The first-order valence-corrected chi connectivity index (χ1v) is 8.79. The van der Waals surface area contributed by atoms with Crippen molar-refractivity contribution in [2.45, 2.75) is 32.2 Å². The number of hydrogen-bond donors (Lipinski definition) is 1. The summed E-state index contributed by atoms with van der Waals surface area (Å²) in [5.74, 6) is 1.03. The molecule has 0 saturated carbocycles. The summed E-state index contributed by atoms with van der Waals surface area (Å²) in [7, 11) is 3.93. The van der Waals surface area contributed by atoms with E-state index in [1.165, 1.54) is 24.8 Å². The van der Waals surface area contributed by atoms with Crippen molar-refractivity contribution in [1.29, 1.82) is 0 Å². The average molecular weight is 317 g/mol. The minimum atomic E-state index is 0.122. The highest BCUT2D eigenvalue weighted by molar-refractivity contribution is 5.78. The maximum Gasteiger partial charge on any atom is 0.236 e. The number of likely N-dealkylation sites (N-methyl/N-ethyl adjacent to an activating group) is 1. The van der Waals surface area contributed by atoms with Gasteiger partial charge in [-0.1, -0.05) is 30.3 Å². The molecule has 1 aromatic rings. The van der Waals surface area contributed by atoms with Crippen LogP contribution in [0.15, 0.2) is 30.3 Å². The Hall–Kier alpha value is -1.39. The molecule has 0 aliphatic carbocycles. The molecule has 1 aromatic carbocycles. The summed E-state index contributed by atoms with van der Waals surface area (Å²) in [6.45, 7) is 5.84. The summed E-state index contributed by atoms with van der Waals surface area (Å²) in [6.07, 6.45) is 3.68. The van der Waals surface area contributed by atoms with E-state index in [1.807, 2.05) is 37.2 Å². The third-order valence-electron chi connectivity index (χ3n) is 5.12. The van der Waals surface area contributed by atoms with Crippen molar-refractivity contribution in [2.75, 3.05) is 40.3 Å². The topological polar surface area (TPSA) is 35.6 Å². The molecule has 1 saturated heterocycles. The molecule has 1 amide bonds. The fourth-order valence-electron chi connectivity index (χ4n) is 3.26. The van der Waals surface area contributed by atoms with E-state index in [2.05, 4.69) is 29.3 Å². The van der Waals surface area contributed by atoms with E-state index >= 15 is 0 Å². The second-order valence-electron chi connectivity index (χ2n) is 6.70. The standard InChI is InChI=1S/C19H31N3O/c1-16(18-7-5-4-6-8-18)21(3)19(23)15-22-13-10-17(11-14-22)9-12-20-2/h4-8,16-17,20H,9-15H2,1-3H3. The van der Waals surface area contributed by atoms with Gasteiger partial charge >= 0.3 is 0 Å². The molecule has 1 fully saturated rings. The van der Waals surface area contributed by atoms with E-state index in [1.54, 1.807) is 0 Å². The van der Waals surface area contributed by atoms with E-state index in [0.29, 0.717) is 6.54 Å². The molecule has 1 atom stereocenters. The van der Waals surface area contributed by atoms with Gasteiger partial charge in [-0.25, -0.2) is 0 Å². The Balaban J connectivity index is 1.78. The van der Waals surface area contributed by atoms with Gasteiger partial charge in [0.05, 0.1) is 12.6 Å². The van der Waals surface area contributed by atoms with Gasteiger partial charge in [-0.05, 0) is 64.3 Å². The number of benzene rings is 1. The summed E-state index contributed by atoms with van der Waals surface area (Å²) < 4.78 is 0. The van der Waals surface area contributed by atoms with Crippen molar-refractivity contribution in [1.82, 2.24) is 15.1 Å². The molecule has 0 bridgehead atoms. The minimum Gasteiger partial charge on any atom is -0.338 e. The van der Waals surface area contributed by atoms with Crippen molar-refractivity contribution < 1.29 is 4.79 Å². The highest BCUT2D eigenvalue weighted by atomic mass is 16.2. The summed E-state index contributed by atoms with van der Waals surface area (Å²) in [4.78, 5) is 16.7. The van der Waals surface area contributed by atoms with Gasteiger partial charge in [0, 0.05) is 7.05 Å². The summed E-state index contributed by atoms with van der Waals surface area (Å²) in [5.41, 5.74) is 1.19. The Bertz CT molecular complexity index is 469. The van der Waals surface area contributed by atoms with Crippen LogP contribution >= 0.6 is 0 Å². The smallest absolute Gasteiger partial charge is 0.236 e. The second kappa shape index (κ2) is 9.04. The van der Waals surface area contributed by atoms with Crippen LogP contribution in [0.4, 0.5) is 0 Å². The summed E-state index contributed by atoms with van der Waals surface area (Å²) in [6, 6.07) is 10.4. The molecule has 1 unspecified atom stereocenters. The number of amides is 1. The lowest BCUT2D eigenvalue weighted by Gasteiger charge is -2.33. The fraction of sp³-hybridized carbons (Fsp3) is 0.632. The molecular weight excluding hydrogens is 286 g/mol. The Morgan fingerprint density at radius 2 is 1.96 bits per heavy atom. The normalized spacial score (nSPS) is 17.9. The number of hydrogen-bond acceptors (Lipinski definition) is 3. The van der Waals surface area contributed by atoms with E-state index in [-0.39, 0.29) is 11.9 Å². The van der Waals surface area contributed by atoms with E-state index in [0.717, 1.165) is 25.6 Å². The van der Waals surface area contributed by atoms with Crippen LogP contribution in [0.1, 0.15) is 37.8 Å². The SMILES string of the molecule is CNCCC1CCN(CC(=O)N(C)C(C)c2ccccc2)CC1. The van der Waals surface area contributed by atoms with Gasteiger partial charge in [0.1, 0.15) is 0 Å². The molecule has 4 nitrogen and oxygen atoms in total. The predicted octanol–water partition coefficient (Wildman–Crippen LogP) is 2.53. The average Bonchev–Trinajstić information content (AvgIpc) is 2.60. The first kappa shape index (κ1) is 18.0. The van der Waals surface area contributed by atoms with Crippen molar-refractivity contribution in [3.63, 3.8) is 0 Å². The van der Waals surface area contributed by atoms with Gasteiger partial charge in [-0.15, -0.1) is 0 Å². The number of likely N-dealkylation sites (tertiary alicyclic amines) is 1. The van der Waals surface area contributed by atoms with Crippen LogP contribution in [0.5, 0.6) is 0 Å². The monoisotopic (exact) mass is 317 g/mol. The quantitative estimate of drug-likeness (QED) is 0.839. The maximum absolute atomic E-state index is 12.6. The number of nitrogens with one attached hydrogen (secondary N) is 1. The zero-order chi connectivity index (χ0) is 16.7. The number of piperidine rings is 1. The number of carbonyl (C=O) groups excluding carboxylic acids is 1. The van der Waals surface area contributed by atoms with Crippen LogP contribution in [0, 0.1) is 5.92 Å². The van der Waals surface area contributed by atoms with Gasteiger partial charge < -0.3 is 10.2 Å². The summed E-state index contributed by atoms with van der Waals surface area (Å²) >= 11 is 0. The second-order valence-corrected chi connectivity index (χ2v) is 6.70. The van der Waals surface area contributed by atoms with Crippen molar-refractivity contribution in [3.8, 4) is 0 Å². The highest BCUT2D eigenvalue weighted by Gasteiger charge is 2.23. The van der Waals surface area contributed by atoms with Crippen LogP contribution < -0.4 is 5.32 Å². The zero-order valence-corrected chi connectivity index (χ0v) is 14.8. The maximum atomic E-state index is 12.6. The summed E-state index contributed by atoms with van der Waals surface area (Å²) in [5, 5.41) is 3.23. The van der Waals surface area contributed by atoms with Gasteiger partial charge in [0.25, 0.3) is 0 Å². The van der Waals surface area contributed by atoms with E-state index < -0.39 is 0 Å². The molecule has 1 aliphatic rings. The highest BCUT2D eigenvalue weighted by Crippen LogP contribution is 2.21. The molecule has 0 radical (unpaired) electrons. The first-order chi connectivity index (χ1) is 11.1. The first-order valence-electron chi connectivity index (χ1n) is 8.79. The van der Waals surface area contributed by atoms with Gasteiger partial charge in [0.2, 0.25) is 5.91 Å². The predicted molar refractivity (Wildman–Crippen MR) is 95.3 cm³/mol. The molecule has 4 heteroatoms. The lowest BCUT2D eigenvalue weighted by molar-refractivity contribution is -0.133. The van der Waals surface area contributed by atoms with Gasteiger partial charge in [-0.2, -0.15) is 0 Å². The van der Waals surface area contributed by atoms with Crippen LogP contribution in [0.25, 0.3) is 0 Å². The van der Waals surface area contributed by atoms with Crippen LogP contribution in [0.2, 0.25) is 0 Å². The fourth-order valence-corrected chi connectivity index (χ4v) is 3.26. The molecule has 0 spiro atoms. The van der Waals surface area contributed by atoms with Crippen LogP contribution in [-0.2, 0) is 4.79 Å². The number of nitrogens with zero attached hydrogens (tertiary/aromatic N) is 2. The minimum absolute atomic E-state index is 0.122. The van der Waals surface area contributed by atoms with Crippen molar-refractivity contribution in [3.05, 3.63) is 35.9 Å². The Morgan fingerprint density at radius 1 is 1.30 bits per heavy atom. The molecule has 1 heterocycles. The van der Waals surface area contributed by atoms with Crippen LogP contribution in [0.3, 0.4) is 0 Å². The van der Waals surface area contributed by atoms with E-state index in [9.17, 15) is 4.79 Å². The molecule has 1 N–H and O–H groups in total. The molecule has 2 rings (SSSR count). The molecular formula is C19H31N3O.